The van der Waals surface area contributed by atoms with Gasteiger partial charge < -0.3 is 9.84 Å². The van der Waals surface area contributed by atoms with E-state index in [0.29, 0.717) is 5.75 Å². The van der Waals surface area contributed by atoms with Gasteiger partial charge in [0, 0.05) is 16.1 Å². The van der Waals surface area contributed by atoms with Crippen LogP contribution in [0.25, 0.3) is 0 Å². The quantitative estimate of drug-likeness (QED) is 0.444. The number of carbonyl (C=O) groups is 1. The second-order valence-electron chi connectivity index (χ2n) is 4.51. The maximum Gasteiger partial charge on any atom is 0.311 e. The standard InChI is InChI=1S/C15H12BrN3O5/c16-11-4-6-12(7-5-11)24-9-14(20)18-17-8-10-2-1-3-13(15(10)21)19(22)23/h1-8,21H,9H2,(H,18,20)/b17-8-. The molecule has 0 atom stereocenters. The molecular weight excluding hydrogens is 382 g/mol. The van der Waals surface area contributed by atoms with Crippen LogP contribution in [0.5, 0.6) is 11.5 Å². The fraction of sp³-hybridized carbons (Fsp3) is 0.0667. The molecule has 2 N–H and O–H groups in total. The van der Waals surface area contributed by atoms with Gasteiger partial charge in [-0.3, -0.25) is 14.9 Å². The van der Waals surface area contributed by atoms with Crippen molar-refractivity contribution in [2.75, 3.05) is 6.61 Å². The number of nitro benzene ring substituents is 1. The zero-order valence-corrected chi connectivity index (χ0v) is 13.8. The van der Waals surface area contributed by atoms with Crippen LogP contribution in [0.15, 0.2) is 52.0 Å². The van der Waals surface area contributed by atoms with Crippen LogP contribution in [0, 0.1) is 10.1 Å². The normalized spacial score (nSPS) is 10.5. The summed E-state index contributed by atoms with van der Waals surface area (Å²) >= 11 is 3.29. The molecule has 0 aliphatic rings. The van der Waals surface area contributed by atoms with Crippen LogP contribution in [0.1, 0.15) is 5.56 Å². The fourth-order valence-corrected chi connectivity index (χ4v) is 1.95. The number of hydrogen-bond donors (Lipinski definition) is 2. The second kappa shape index (κ2) is 8.06. The zero-order valence-electron chi connectivity index (χ0n) is 12.2. The summed E-state index contributed by atoms with van der Waals surface area (Å²) in [6.45, 7) is -0.250. The number of nitro groups is 1. The molecule has 0 radical (unpaired) electrons. The Kier molecular flexibility index (Phi) is 5.85. The Morgan fingerprint density at radius 3 is 2.71 bits per heavy atom. The summed E-state index contributed by atoms with van der Waals surface area (Å²) < 4.78 is 6.14. The van der Waals surface area contributed by atoms with Crippen LogP contribution in [0.2, 0.25) is 0 Å². The van der Waals surface area contributed by atoms with Crippen molar-refractivity contribution in [3.63, 3.8) is 0 Å². The number of hydrogen-bond acceptors (Lipinski definition) is 6. The Bertz CT molecular complexity index is 777. The SMILES string of the molecule is O=C(COc1ccc(Br)cc1)N/N=C\c1cccc([N+](=O)[O-])c1O. The lowest BCUT2D eigenvalue weighted by molar-refractivity contribution is -0.385. The highest BCUT2D eigenvalue weighted by atomic mass is 79.9. The molecule has 0 heterocycles. The van der Waals surface area contributed by atoms with Gasteiger partial charge >= 0.3 is 5.69 Å². The molecule has 0 aromatic heterocycles. The topological polar surface area (TPSA) is 114 Å². The van der Waals surface area contributed by atoms with E-state index in [1.165, 1.54) is 12.1 Å². The number of hydrazone groups is 1. The number of para-hydroxylation sites is 1. The monoisotopic (exact) mass is 393 g/mol. The Morgan fingerprint density at radius 1 is 1.33 bits per heavy atom. The van der Waals surface area contributed by atoms with Gasteiger partial charge in [-0.05, 0) is 30.3 Å². The number of aromatic hydroxyl groups is 1. The lowest BCUT2D eigenvalue weighted by Crippen LogP contribution is -2.24. The van der Waals surface area contributed by atoms with Gasteiger partial charge in [-0.25, -0.2) is 5.43 Å². The van der Waals surface area contributed by atoms with Gasteiger partial charge in [-0.15, -0.1) is 0 Å². The smallest absolute Gasteiger partial charge is 0.311 e. The predicted molar refractivity (Wildman–Crippen MR) is 90.1 cm³/mol. The summed E-state index contributed by atoms with van der Waals surface area (Å²) in [5, 5.41) is 24.1. The molecule has 0 spiro atoms. The van der Waals surface area contributed by atoms with E-state index < -0.39 is 22.3 Å². The predicted octanol–water partition coefficient (Wildman–Crippen LogP) is 2.59. The molecule has 24 heavy (non-hydrogen) atoms. The maximum atomic E-state index is 11.6. The average molecular weight is 394 g/mol. The van der Waals surface area contributed by atoms with Crippen molar-refractivity contribution in [1.82, 2.24) is 5.43 Å². The van der Waals surface area contributed by atoms with E-state index in [1.54, 1.807) is 24.3 Å². The number of halogens is 1. The Hall–Kier alpha value is -2.94. The van der Waals surface area contributed by atoms with Gasteiger partial charge in [0.15, 0.2) is 6.61 Å². The summed E-state index contributed by atoms with van der Waals surface area (Å²) in [5.41, 5.74) is 1.87. The first-order chi connectivity index (χ1) is 11.5. The molecule has 0 saturated carbocycles. The minimum atomic E-state index is -0.711. The number of phenolic OH excluding ortho intramolecular Hbond substituents is 1. The van der Waals surface area contributed by atoms with Gasteiger partial charge in [0.1, 0.15) is 5.75 Å². The van der Waals surface area contributed by atoms with E-state index in [0.717, 1.165) is 16.8 Å². The van der Waals surface area contributed by atoms with Gasteiger partial charge in [0.2, 0.25) is 5.75 Å². The highest BCUT2D eigenvalue weighted by Gasteiger charge is 2.15. The largest absolute Gasteiger partial charge is 0.502 e. The molecule has 0 aliphatic carbocycles. The molecule has 9 heteroatoms. The highest BCUT2D eigenvalue weighted by molar-refractivity contribution is 9.10. The van der Waals surface area contributed by atoms with E-state index in [-0.39, 0.29) is 12.2 Å². The van der Waals surface area contributed by atoms with Crippen LogP contribution < -0.4 is 10.2 Å². The molecule has 0 unspecified atom stereocenters. The molecule has 8 nitrogen and oxygen atoms in total. The van der Waals surface area contributed by atoms with Crippen molar-refractivity contribution < 1.29 is 19.6 Å². The lowest BCUT2D eigenvalue weighted by atomic mass is 10.2. The number of amides is 1. The van der Waals surface area contributed by atoms with Crippen LogP contribution in [0.3, 0.4) is 0 Å². The minimum absolute atomic E-state index is 0.110. The van der Waals surface area contributed by atoms with Crippen molar-refractivity contribution in [3.05, 3.63) is 62.6 Å². The molecule has 0 aliphatic heterocycles. The van der Waals surface area contributed by atoms with Crippen LogP contribution in [-0.4, -0.2) is 28.8 Å². The number of benzene rings is 2. The van der Waals surface area contributed by atoms with Gasteiger partial charge in [0.05, 0.1) is 11.1 Å². The Balaban J connectivity index is 1.89. The number of phenols is 1. The van der Waals surface area contributed by atoms with Crippen molar-refractivity contribution in [2.24, 2.45) is 5.10 Å². The molecule has 0 saturated heterocycles. The zero-order chi connectivity index (χ0) is 17.5. The molecule has 1 amide bonds. The molecule has 2 aromatic rings. The van der Waals surface area contributed by atoms with Crippen molar-refractivity contribution in [3.8, 4) is 11.5 Å². The average Bonchev–Trinajstić information content (AvgIpc) is 2.55. The van der Waals surface area contributed by atoms with Gasteiger partial charge in [-0.1, -0.05) is 22.0 Å². The molecule has 124 valence electrons. The van der Waals surface area contributed by atoms with Gasteiger partial charge in [0.25, 0.3) is 5.91 Å². The summed E-state index contributed by atoms with van der Waals surface area (Å²) in [6, 6.07) is 10.9. The van der Waals surface area contributed by atoms with E-state index >= 15 is 0 Å². The first-order valence-corrected chi connectivity index (χ1v) is 7.43. The van der Waals surface area contributed by atoms with E-state index in [2.05, 4.69) is 26.5 Å². The Labute approximate surface area is 145 Å². The number of ether oxygens (including phenoxy) is 1. The highest BCUT2D eigenvalue weighted by Crippen LogP contribution is 2.27. The Morgan fingerprint density at radius 2 is 2.04 bits per heavy atom. The number of rotatable bonds is 6. The van der Waals surface area contributed by atoms with Crippen molar-refractivity contribution >= 4 is 33.7 Å². The van der Waals surface area contributed by atoms with Crippen molar-refractivity contribution in [1.29, 1.82) is 0 Å². The third-order valence-corrected chi connectivity index (χ3v) is 3.35. The van der Waals surface area contributed by atoms with E-state index in [1.807, 2.05) is 0 Å². The number of nitrogens with zero attached hydrogens (tertiary/aromatic N) is 2. The van der Waals surface area contributed by atoms with Crippen molar-refractivity contribution in [2.45, 2.75) is 0 Å². The molecular formula is C15H12BrN3O5. The summed E-state index contributed by atoms with van der Waals surface area (Å²) in [5.74, 6) is -0.514. The van der Waals surface area contributed by atoms with E-state index in [4.69, 9.17) is 4.74 Å². The first-order valence-electron chi connectivity index (χ1n) is 6.64. The van der Waals surface area contributed by atoms with Crippen LogP contribution >= 0.6 is 15.9 Å². The lowest BCUT2D eigenvalue weighted by Gasteiger charge is -2.05. The maximum absolute atomic E-state index is 11.6. The minimum Gasteiger partial charge on any atom is -0.502 e. The van der Waals surface area contributed by atoms with Gasteiger partial charge in [-0.2, -0.15) is 5.10 Å². The number of carbonyl (C=O) groups excluding carboxylic acids is 1. The number of nitrogens with one attached hydrogen (secondary N) is 1. The van der Waals surface area contributed by atoms with Crippen LogP contribution in [0.4, 0.5) is 5.69 Å². The van der Waals surface area contributed by atoms with Crippen LogP contribution in [-0.2, 0) is 4.79 Å². The third-order valence-electron chi connectivity index (χ3n) is 2.82. The second-order valence-corrected chi connectivity index (χ2v) is 5.42. The fourth-order valence-electron chi connectivity index (χ4n) is 1.69. The molecule has 2 rings (SSSR count). The molecule has 0 fully saturated rings. The first kappa shape index (κ1) is 17.4. The third kappa shape index (κ3) is 4.78. The summed E-state index contributed by atoms with van der Waals surface area (Å²) in [6.07, 6.45) is 1.11. The summed E-state index contributed by atoms with van der Waals surface area (Å²) in [4.78, 5) is 21.6. The molecule has 0 bridgehead atoms. The molecule has 2 aromatic carbocycles. The van der Waals surface area contributed by atoms with E-state index in [9.17, 15) is 20.0 Å². The summed E-state index contributed by atoms with van der Waals surface area (Å²) in [7, 11) is 0.